The summed E-state index contributed by atoms with van der Waals surface area (Å²) in [6, 6.07) is 58.2. The van der Waals surface area contributed by atoms with Crippen LogP contribution in [0.3, 0.4) is 0 Å². The van der Waals surface area contributed by atoms with E-state index < -0.39 is 0 Å². The van der Waals surface area contributed by atoms with Crippen LogP contribution in [0.1, 0.15) is 88.2 Å². The summed E-state index contributed by atoms with van der Waals surface area (Å²) in [6.45, 7) is -0.0923. The van der Waals surface area contributed by atoms with E-state index in [0.717, 1.165) is 64.2 Å². The average Bonchev–Trinajstić information content (AvgIpc) is 3.72. The van der Waals surface area contributed by atoms with E-state index in [9.17, 15) is 0 Å². The molecule has 20 rings (SSSR count). The molecule has 0 spiro atoms. The fraction of sp³-hybridized carbons (Fsp3) is 0.303. The third-order valence-corrected chi connectivity index (χ3v) is 20.5. The number of hydrogen-bond acceptors (Lipinski definition) is 3. The van der Waals surface area contributed by atoms with Gasteiger partial charge >= 0.3 is 6.85 Å². The quantitative estimate of drug-likeness (QED) is 0.165. The molecule has 8 fully saturated rings. The van der Waals surface area contributed by atoms with Gasteiger partial charge in [-0.25, -0.2) is 0 Å². The molecule has 4 nitrogen and oxygen atoms in total. The van der Waals surface area contributed by atoms with E-state index in [2.05, 4.69) is 137 Å². The number of fused-ring (bicyclic) bond motifs is 11. The zero-order valence-corrected chi connectivity index (χ0v) is 40.2. The lowest BCUT2D eigenvalue weighted by atomic mass is 9.42. The Morgan fingerprint density at radius 3 is 1.70 bits per heavy atom. The predicted molar refractivity (Wildman–Crippen MR) is 289 cm³/mol. The Labute approximate surface area is 415 Å². The first kappa shape index (κ1) is 39.0. The topological polar surface area (TPSA) is 26.6 Å². The zero-order valence-electron chi connectivity index (χ0n) is 40.2. The Kier molecular flexibility index (Phi) is 7.47. The first-order valence-electron chi connectivity index (χ1n) is 27.3. The maximum atomic E-state index is 6.82. The molecule has 8 aliphatic carbocycles. The highest BCUT2D eigenvalue weighted by molar-refractivity contribution is 6.94. The maximum Gasteiger partial charge on any atom is 0.333 e. The molecule has 9 aromatic rings. The largest absolute Gasteiger partial charge is 0.449 e. The van der Waals surface area contributed by atoms with Crippen LogP contribution in [0.4, 0.5) is 11.4 Å². The molecule has 0 saturated heterocycles. The molecule has 344 valence electrons. The van der Waals surface area contributed by atoms with Crippen molar-refractivity contribution in [2.45, 2.75) is 87.9 Å². The van der Waals surface area contributed by atoms with Gasteiger partial charge in [0.05, 0.1) is 16.7 Å². The number of hydrogen-bond donors (Lipinski definition) is 0. The molecule has 8 aromatic carbocycles. The summed E-state index contributed by atoms with van der Waals surface area (Å²) in [7, 11) is 0. The molecule has 8 saturated carbocycles. The highest BCUT2D eigenvalue weighted by Gasteiger charge is 2.54. The van der Waals surface area contributed by atoms with Crippen molar-refractivity contribution in [3.05, 3.63) is 163 Å². The number of aromatic nitrogens is 1. The van der Waals surface area contributed by atoms with Crippen molar-refractivity contribution in [3.8, 4) is 50.9 Å². The van der Waals surface area contributed by atoms with Crippen molar-refractivity contribution >= 4 is 61.7 Å². The highest BCUT2D eigenvalue weighted by Crippen LogP contribution is 2.63. The van der Waals surface area contributed by atoms with Gasteiger partial charge in [0, 0.05) is 39.2 Å². The second kappa shape index (κ2) is 13.6. The number of benzene rings is 8. The Hall–Kier alpha value is -6.72. The van der Waals surface area contributed by atoms with Gasteiger partial charge in [-0.05, 0) is 222 Å². The van der Waals surface area contributed by atoms with Gasteiger partial charge in [-0.2, -0.15) is 0 Å². The molecular formula is C66H55BN2O2. The smallest absolute Gasteiger partial charge is 0.333 e. The summed E-state index contributed by atoms with van der Waals surface area (Å²) in [5.41, 5.74) is 18.0. The van der Waals surface area contributed by atoms with Crippen molar-refractivity contribution in [1.82, 2.24) is 4.57 Å². The van der Waals surface area contributed by atoms with Gasteiger partial charge in [0.15, 0.2) is 23.0 Å². The fourth-order valence-electron chi connectivity index (χ4n) is 18.5. The summed E-state index contributed by atoms with van der Waals surface area (Å²) in [6.07, 6.45) is 16.9. The molecular weight excluding hydrogens is 864 g/mol. The minimum Gasteiger partial charge on any atom is -0.449 e. The average molecular weight is 919 g/mol. The van der Waals surface area contributed by atoms with Crippen LogP contribution in [0.25, 0.3) is 60.5 Å². The van der Waals surface area contributed by atoms with Crippen LogP contribution in [0, 0.1) is 35.5 Å². The third kappa shape index (κ3) is 5.27. The van der Waals surface area contributed by atoms with Gasteiger partial charge in [-0.15, -0.1) is 0 Å². The Balaban J connectivity index is 0.950. The Morgan fingerprint density at radius 2 is 1.03 bits per heavy atom. The second-order valence-electron chi connectivity index (χ2n) is 24.5. The summed E-state index contributed by atoms with van der Waals surface area (Å²) >= 11 is 0. The highest BCUT2D eigenvalue weighted by atomic mass is 16.6. The molecule has 11 aliphatic rings. The number of para-hydroxylation sites is 2. The van der Waals surface area contributed by atoms with Crippen LogP contribution in [0.2, 0.25) is 0 Å². The first-order valence-corrected chi connectivity index (χ1v) is 27.3. The van der Waals surface area contributed by atoms with Gasteiger partial charge in [0.25, 0.3) is 0 Å². The lowest BCUT2D eigenvalue weighted by Gasteiger charge is -2.57. The molecule has 0 amide bonds. The molecule has 71 heavy (non-hydrogen) atoms. The minimum absolute atomic E-state index is 0.0923. The molecule has 0 N–H and O–H groups in total. The van der Waals surface area contributed by atoms with E-state index in [4.69, 9.17) is 9.47 Å². The van der Waals surface area contributed by atoms with Gasteiger partial charge < -0.3 is 18.9 Å². The van der Waals surface area contributed by atoms with Crippen LogP contribution in [0.15, 0.2) is 152 Å². The normalized spacial score (nSPS) is 28.5. The van der Waals surface area contributed by atoms with Gasteiger partial charge in [0.2, 0.25) is 0 Å². The number of rotatable bonds is 4. The Bertz CT molecular complexity index is 3740. The summed E-state index contributed by atoms with van der Waals surface area (Å²) in [5.74, 6) is 8.30. The molecule has 8 bridgehead atoms. The lowest BCUT2D eigenvalue weighted by Crippen LogP contribution is -2.61. The van der Waals surface area contributed by atoms with Crippen LogP contribution in [0.5, 0.6) is 23.0 Å². The predicted octanol–water partition coefficient (Wildman–Crippen LogP) is 15.7. The molecule has 1 aromatic heterocycles. The van der Waals surface area contributed by atoms with E-state index >= 15 is 0 Å². The van der Waals surface area contributed by atoms with E-state index in [1.54, 1.807) is 11.1 Å². The van der Waals surface area contributed by atoms with Gasteiger partial charge in [-0.1, -0.05) is 91.0 Å². The molecule has 3 aliphatic heterocycles. The van der Waals surface area contributed by atoms with E-state index in [1.807, 2.05) is 24.3 Å². The van der Waals surface area contributed by atoms with Crippen LogP contribution in [-0.4, -0.2) is 11.4 Å². The number of nitrogens with zero attached hydrogens (tertiary/aromatic N) is 2. The summed E-state index contributed by atoms with van der Waals surface area (Å²) < 4.78 is 16.4. The summed E-state index contributed by atoms with van der Waals surface area (Å²) in [5, 5.41) is 5.51. The van der Waals surface area contributed by atoms with Crippen LogP contribution >= 0.6 is 0 Å². The third-order valence-electron chi connectivity index (χ3n) is 20.5. The van der Waals surface area contributed by atoms with E-state index in [0.29, 0.717) is 5.41 Å². The van der Waals surface area contributed by atoms with Crippen molar-refractivity contribution in [3.63, 3.8) is 0 Å². The van der Waals surface area contributed by atoms with Crippen LogP contribution < -0.4 is 25.2 Å². The Morgan fingerprint density at radius 1 is 0.451 bits per heavy atom. The number of anilines is 2. The molecule has 5 heteroatoms. The molecule has 0 atom stereocenters. The number of ether oxygens (including phenoxy) is 2. The molecule has 4 heterocycles. The van der Waals surface area contributed by atoms with Crippen molar-refractivity contribution < 1.29 is 9.47 Å². The van der Waals surface area contributed by atoms with Crippen molar-refractivity contribution in [1.29, 1.82) is 0 Å². The second-order valence-corrected chi connectivity index (χ2v) is 24.5. The van der Waals surface area contributed by atoms with E-state index in [-0.39, 0.29) is 12.3 Å². The standard InChI is InChI=1S/C66H55BN2O2/c1-2-8-44(9-3-1)45-14-17-49(18-15-45)69-57-31-61-60(70-58-12-6-7-13-59(58)71-61)30-52(57)53-26-46-10-4-5-11-50(46)64-62(53)67(69)55-29-48(66-35-41-23-42(36-66)25-43(24-41)37-66)28-54-51-27-47(16-19-56(51)68(64)63(54)55)65-32-38-20-39(33-65)22-40(21-38)34-65/h1-19,26-31,38-43H,20-25,32-37H2. The molecule has 0 unspecified atom stereocenters. The first-order chi connectivity index (χ1) is 35.0. The maximum absolute atomic E-state index is 6.82. The fourth-order valence-corrected chi connectivity index (χ4v) is 18.5. The molecule has 0 radical (unpaired) electrons. The van der Waals surface area contributed by atoms with Crippen molar-refractivity contribution in [2.24, 2.45) is 35.5 Å². The van der Waals surface area contributed by atoms with E-state index in [1.165, 1.54) is 154 Å². The monoisotopic (exact) mass is 918 g/mol. The van der Waals surface area contributed by atoms with Gasteiger partial charge in [-0.3, -0.25) is 0 Å². The van der Waals surface area contributed by atoms with Gasteiger partial charge in [0.1, 0.15) is 0 Å². The summed E-state index contributed by atoms with van der Waals surface area (Å²) in [4.78, 5) is 2.70. The van der Waals surface area contributed by atoms with Crippen LogP contribution in [-0.2, 0) is 10.8 Å². The zero-order chi connectivity index (χ0) is 45.9. The minimum atomic E-state index is -0.0923. The SMILES string of the molecule is c1ccc(-c2ccc(N3B4c5c(cc6ccccc6c5-n5c6ccc(C78CC9CC(CC(C9)C7)C8)cc6c6cc(C78CC9CC(CC(C9)C7)C8)cc4c65)-c4cc5c(cc43)Oc3ccccc3O5)cc2)cc1. The lowest BCUT2D eigenvalue weighted by molar-refractivity contribution is -0.00526. The van der Waals surface area contributed by atoms with Crippen molar-refractivity contribution in [2.75, 3.05) is 4.81 Å².